The summed E-state index contributed by atoms with van der Waals surface area (Å²) in [6.45, 7) is 1.94. The highest BCUT2D eigenvalue weighted by Gasteiger charge is 2.30. The molecule has 1 aromatic carbocycles. The molecule has 1 amide bonds. The number of rotatable bonds is 4. The maximum Gasteiger partial charge on any atom is 0.253 e. The van der Waals surface area contributed by atoms with E-state index in [0.717, 1.165) is 41.6 Å². The number of aromatic amines is 1. The third kappa shape index (κ3) is 3.45. The minimum absolute atomic E-state index is 0.0877. The zero-order chi connectivity index (χ0) is 20.5. The smallest absolute Gasteiger partial charge is 0.253 e. The molecule has 30 heavy (non-hydrogen) atoms. The Kier molecular flexibility index (Phi) is 4.75. The van der Waals surface area contributed by atoms with E-state index < -0.39 is 0 Å². The van der Waals surface area contributed by atoms with E-state index in [1.807, 2.05) is 31.2 Å². The summed E-state index contributed by atoms with van der Waals surface area (Å²) in [6, 6.07) is 16.4. The van der Waals surface area contributed by atoms with Crippen molar-refractivity contribution in [2.75, 3.05) is 0 Å². The molecule has 4 aromatic rings. The molecule has 0 spiro atoms. The van der Waals surface area contributed by atoms with Crippen LogP contribution in [-0.4, -0.2) is 32.1 Å². The molecule has 0 unspecified atom stereocenters. The van der Waals surface area contributed by atoms with Gasteiger partial charge in [-0.1, -0.05) is 36.8 Å². The van der Waals surface area contributed by atoms with Crippen LogP contribution < -0.4 is 5.32 Å². The number of carbonyl (C=O) groups excluding carboxylic acids is 1. The van der Waals surface area contributed by atoms with Crippen molar-refractivity contribution in [2.45, 2.75) is 38.1 Å². The molecule has 0 saturated heterocycles. The van der Waals surface area contributed by atoms with Gasteiger partial charge < -0.3 is 5.32 Å². The van der Waals surface area contributed by atoms with Gasteiger partial charge in [0.25, 0.3) is 5.91 Å². The Labute approximate surface area is 174 Å². The van der Waals surface area contributed by atoms with E-state index in [1.54, 1.807) is 12.4 Å². The number of benzene rings is 1. The van der Waals surface area contributed by atoms with E-state index in [1.165, 1.54) is 5.56 Å². The normalized spacial score (nSPS) is 18.6. The lowest BCUT2D eigenvalue weighted by atomic mass is 9.94. The van der Waals surface area contributed by atoms with E-state index in [9.17, 15) is 4.79 Å². The molecule has 6 nitrogen and oxygen atoms in total. The second-order valence-electron chi connectivity index (χ2n) is 7.91. The highest BCUT2D eigenvalue weighted by atomic mass is 16.1. The first kappa shape index (κ1) is 18.5. The van der Waals surface area contributed by atoms with Crippen LogP contribution in [0.5, 0.6) is 0 Å². The summed E-state index contributed by atoms with van der Waals surface area (Å²) in [5.41, 5.74) is 5.15. The summed E-state index contributed by atoms with van der Waals surface area (Å²) in [5, 5.41) is 11.5. The molecule has 0 aliphatic heterocycles. The third-order valence-electron chi connectivity index (χ3n) is 5.91. The average molecular weight is 397 g/mol. The minimum atomic E-state index is -0.0877. The quantitative estimate of drug-likeness (QED) is 0.535. The molecular weight excluding hydrogens is 374 g/mol. The fourth-order valence-corrected chi connectivity index (χ4v) is 4.42. The first-order valence-corrected chi connectivity index (χ1v) is 10.3. The lowest BCUT2D eigenvalue weighted by molar-refractivity contribution is 0.0934. The number of H-pyrrole nitrogens is 1. The van der Waals surface area contributed by atoms with E-state index in [-0.39, 0.29) is 11.9 Å². The van der Waals surface area contributed by atoms with Crippen LogP contribution in [0.1, 0.15) is 46.8 Å². The van der Waals surface area contributed by atoms with Gasteiger partial charge in [0.2, 0.25) is 0 Å². The Morgan fingerprint density at radius 3 is 2.80 bits per heavy atom. The second kappa shape index (κ2) is 7.71. The number of nitrogens with zero attached hydrogens (tertiary/aromatic N) is 3. The molecule has 3 aromatic heterocycles. The van der Waals surface area contributed by atoms with Crippen LogP contribution in [0.2, 0.25) is 0 Å². The Hall–Kier alpha value is -3.54. The van der Waals surface area contributed by atoms with Crippen molar-refractivity contribution in [3.8, 4) is 11.3 Å². The van der Waals surface area contributed by atoms with Crippen LogP contribution in [0, 0.1) is 6.92 Å². The summed E-state index contributed by atoms with van der Waals surface area (Å²) >= 11 is 0. The summed E-state index contributed by atoms with van der Waals surface area (Å²) in [6.07, 6.45) is 6.59. The van der Waals surface area contributed by atoms with Crippen LogP contribution in [0.25, 0.3) is 22.3 Å². The number of carbonyl (C=O) groups is 1. The number of pyridine rings is 2. The fourth-order valence-electron chi connectivity index (χ4n) is 4.42. The van der Waals surface area contributed by atoms with Crippen LogP contribution in [0.4, 0.5) is 0 Å². The number of nitrogens with one attached hydrogen (secondary N) is 2. The first-order chi connectivity index (χ1) is 14.7. The lowest BCUT2D eigenvalue weighted by Crippen LogP contribution is -2.36. The summed E-state index contributed by atoms with van der Waals surface area (Å²) in [4.78, 5) is 21.7. The first-order valence-electron chi connectivity index (χ1n) is 10.3. The average Bonchev–Trinajstić information content (AvgIpc) is 3.40. The fraction of sp³-hybridized carbons (Fsp3) is 0.250. The van der Waals surface area contributed by atoms with Crippen LogP contribution in [0.3, 0.4) is 0 Å². The summed E-state index contributed by atoms with van der Waals surface area (Å²) in [5.74, 6) is 0.270. The van der Waals surface area contributed by atoms with Crippen molar-refractivity contribution in [2.24, 2.45) is 0 Å². The van der Waals surface area contributed by atoms with Crippen LogP contribution >= 0.6 is 0 Å². The van der Waals surface area contributed by atoms with Gasteiger partial charge in [0, 0.05) is 41.0 Å². The summed E-state index contributed by atoms with van der Waals surface area (Å²) < 4.78 is 0. The van der Waals surface area contributed by atoms with E-state index in [0.29, 0.717) is 17.1 Å². The molecule has 5 rings (SSSR count). The van der Waals surface area contributed by atoms with Gasteiger partial charge in [-0.15, -0.1) is 0 Å². The number of hydrogen-bond acceptors (Lipinski definition) is 4. The largest absolute Gasteiger partial charge is 0.349 e. The van der Waals surface area contributed by atoms with Crippen molar-refractivity contribution < 1.29 is 4.79 Å². The molecule has 6 heteroatoms. The Morgan fingerprint density at radius 1 is 1.10 bits per heavy atom. The molecule has 2 N–H and O–H groups in total. The molecule has 1 fully saturated rings. The Bertz CT molecular complexity index is 1200. The molecule has 0 bridgehead atoms. The zero-order valence-electron chi connectivity index (χ0n) is 16.8. The standard InChI is InChI=1S/C24H23N5O/c1-15-12-17(10-11-25-15)22-20-13-18(14-26-23(20)29-28-22)24(30)27-21-9-5-8-19(21)16-6-3-2-4-7-16/h2-4,6-7,10-14,19,21H,5,8-9H2,1H3,(H,27,30)(H,26,28,29)/t19-,21+/m0/s1. The highest BCUT2D eigenvalue weighted by Crippen LogP contribution is 2.34. The van der Waals surface area contributed by atoms with Crippen molar-refractivity contribution >= 4 is 16.9 Å². The van der Waals surface area contributed by atoms with E-state index in [4.69, 9.17) is 0 Å². The lowest BCUT2D eigenvalue weighted by Gasteiger charge is -2.21. The SMILES string of the molecule is Cc1cc(-c2n[nH]c3ncc(C(=O)N[C@@H]4CCC[C@H]4c4ccccc4)cc23)ccn1. The maximum absolute atomic E-state index is 13.1. The third-order valence-corrected chi connectivity index (χ3v) is 5.91. The second-order valence-corrected chi connectivity index (χ2v) is 7.91. The van der Waals surface area contributed by atoms with Gasteiger partial charge in [0.15, 0.2) is 5.65 Å². The summed E-state index contributed by atoms with van der Waals surface area (Å²) in [7, 11) is 0. The van der Waals surface area contributed by atoms with Crippen molar-refractivity contribution in [3.63, 3.8) is 0 Å². The molecule has 2 atom stereocenters. The molecular formula is C24H23N5O. The van der Waals surface area contributed by atoms with Crippen LogP contribution in [0.15, 0.2) is 60.9 Å². The highest BCUT2D eigenvalue weighted by molar-refractivity contribution is 6.00. The molecule has 0 radical (unpaired) electrons. The molecule has 150 valence electrons. The van der Waals surface area contributed by atoms with Gasteiger partial charge in [0.1, 0.15) is 5.69 Å². The molecule has 1 aliphatic rings. The minimum Gasteiger partial charge on any atom is -0.349 e. The number of aromatic nitrogens is 4. The predicted octanol–water partition coefficient (Wildman–Crippen LogP) is 4.39. The van der Waals surface area contributed by atoms with E-state index in [2.05, 4.69) is 49.7 Å². The number of fused-ring (bicyclic) bond motifs is 1. The van der Waals surface area contributed by atoms with Gasteiger partial charge in [0.05, 0.1) is 5.56 Å². The van der Waals surface area contributed by atoms with Gasteiger partial charge in [-0.25, -0.2) is 4.98 Å². The van der Waals surface area contributed by atoms with Gasteiger partial charge >= 0.3 is 0 Å². The molecule has 3 heterocycles. The van der Waals surface area contributed by atoms with Crippen molar-refractivity contribution in [1.82, 2.24) is 25.5 Å². The zero-order valence-corrected chi connectivity index (χ0v) is 16.8. The van der Waals surface area contributed by atoms with Gasteiger partial charge in [-0.05, 0) is 43.5 Å². The van der Waals surface area contributed by atoms with Crippen molar-refractivity contribution in [1.29, 1.82) is 0 Å². The molecule has 1 saturated carbocycles. The predicted molar refractivity (Wildman–Crippen MR) is 116 cm³/mol. The van der Waals surface area contributed by atoms with E-state index >= 15 is 0 Å². The maximum atomic E-state index is 13.1. The Morgan fingerprint density at radius 2 is 1.97 bits per heavy atom. The topological polar surface area (TPSA) is 83.6 Å². The monoisotopic (exact) mass is 397 g/mol. The van der Waals surface area contributed by atoms with Crippen molar-refractivity contribution in [3.05, 3.63) is 77.7 Å². The number of hydrogen-bond donors (Lipinski definition) is 2. The Balaban J connectivity index is 1.42. The molecule has 1 aliphatic carbocycles. The van der Waals surface area contributed by atoms with Gasteiger partial charge in [-0.3, -0.25) is 14.9 Å². The number of amides is 1. The van der Waals surface area contributed by atoms with Gasteiger partial charge in [-0.2, -0.15) is 5.10 Å². The van der Waals surface area contributed by atoms with Crippen LogP contribution in [-0.2, 0) is 0 Å². The number of aryl methyl sites for hydroxylation is 1.